The number of carbonyl (C=O) groups is 3. The SMILES string of the molecule is CC(=O)Nc1c(I)c(C(=O)OC(CS(=O)(=O)O)(C(F)(F)F)C(F)(F)F)c(I)c(N(C)C(C)=O)c1I. The predicted molar refractivity (Wildman–Crippen MR) is 135 cm³/mol. The summed E-state index contributed by atoms with van der Waals surface area (Å²) >= 11 is 4.39. The first kappa shape index (κ1) is 32.3. The summed E-state index contributed by atoms with van der Waals surface area (Å²) in [7, 11) is -4.80. The molecule has 1 rings (SSSR count). The lowest BCUT2D eigenvalue weighted by atomic mass is 10.0. The van der Waals surface area contributed by atoms with Crippen LogP contribution in [0.25, 0.3) is 0 Å². The quantitative estimate of drug-likeness (QED) is 0.188. The van der Waals surface area contributed by atoms with E-state index in [1.165, 1.54) is 52.2 Å². The smallest absolute Gasteiger partial charge is 0.435 e. The van der Waals surface area contributed by atoms with Crippen LogP contribution < -0.4 is 10.2 Å². The van der Waals surface area contributed by atoms with Gasteiger partial charge in [0.05, 0.1) is 27.6 Å². The fraction of sp³-hybridized carbons (Fsp3) is 0.438. The van der Waals surface area contributed by atoms with Gasteiger partial charge in [-0.3, -0.25) is 14.1 Å². The highest BCUT2D eigenvalue weighted by Crippen LogP contribution is 2.48. The number of carbonyl (C=O) groups excluding carboxylic acids is 3. The molecule has 0 fully saturated rings. The monoisotopic (exact) mass is 872 g/mol. The first-order valence-electron chi connectivity index (χ1n) is 8.52. The van der Waals surface area contributed by atoms with Crippen molar-refractivity contribution in [3.63, 3.8) is 0 Å². The number of esters is 1. The van der Waals surface area contributed by atoms with Crippen molar-refractivity contribution in [2.75, 3.05) is 23.0 Å². The molecule has 1 aromatic rings. The molecule has 0 radical (unpaired) electrons. The maximum Gasteiger partial charge on any atom is 0.438 e. The Kier molecular flexibility index (Phi) is 10.1. The molecule has 0 aromatic heterocycles. The van der Waals surface area contributed by atoms with Crippen molar-refractivity contribution in [2.45, 2.75) is 31.8 Å². The van der Waals surface area contributed by atoms with Crippen molar-refractivity contribution in [3.8, 4) is 0 Å². The number of nitrogens with zero attached hydrogens (tertiary/aromatic N) is 1. The summed E-state index contributed by atoms with van der Waals surface area (Å²) in [6.07, 6.45) is -13.1. The molecule has 9 nitrogen and oxygen atoms in total. The summed E-state index contributed by atoms with van der Waals surface area (Å²) < 4.78 is 116. The summed E-state index contributed by atoms with van der Waals surface area (Å²) in [5.41, 5.74) is -6.95. The zero-order valence-electron chi connectivity index (χ0n) is 17.4. The maximum absolute atomic E-state index is 13.6. The minimum atomic E-state index is -6.53. The zero-order valence-corrected chi connectivity index (χ0v) is 24.6. The second kappa shape index (κ2) is 11.0. The summed E-state index contributed by atoms with van der Waals surface area (Å²) in [4.78, 5) is 37.3. The summed E-state index contributed by atoms with van der Waals surface area (Å²) in [5.74, 6) is -6.72. The maximum atomic E-state index is 13.6. The van der Waals surface area contributed by atoms with Crippen LogP contribution in [-0.4, -0.2) is 61.5 Å². The minimum absolute atomic E-state index is 0.108. The van der Waals surface area contributed by atoms with Crippen LogP contribution in [0.1, 0.15) is 24.2 Å². The van der Waals surface area contributed by atoms with Gasteiger partial charge in [0.2, 0.25) is 11.8 Å². The molecule has 0 spiro atoms. The molecular weight excluding hydrogens is 859 g/mol. The predicted octanol–water partition coefficient (Wildman–Crippen LogP) is 4.35. The average molecular weight is 872 g/mol. The van der Waals surface area contributed by atoms with Crippen molar-refractivity contribution in [1.29, 1.82) is 0 Å². The molecule has 19 heteroatoms. The molecule has 35 heavy (non-hydrogen) atoms. The first-order valence-corrected chi connectivity index (χ1v) is 13.4. The highest BCUT2D eigenvalue weighted by molar-refractivity contribution is 14.1. The lowest BCUT2D eigenvalue weighted by Gasteiger charge is -2.35. The van der Waals surface area contributed by atoms with E-state index in [0.29, 0.717) is 0 Å². The van der Waals surface area contributed by atoms with Gasteiger partial charge in [-0.05, 0) is 67.8 Å². The summed E-state index contributed by atoms with van der Waals surface area (Å²) in [6, 6.07) is 0. The van der Waals surface area contributed by atoms with Gasteiger partial charge >= 0.3 is 23.9 Å². The Morgan fingerprint density at radius 3 is 1.77 bits per heavy atom. The van der Waals surface area contributed by atoms with E-state index in [0.717, 1.165) is 18.7 Å². The van der Waals surface area contributed by atoms with E-state index >= 15 is 0 Å². The Morgan fingerprint density at radius 1 is 0.971 bits per heavy atom. The fourth-order valence-corrected chi connectivity index (χ4v) is 8.00. The number of benzene rings is 1. The zero-order chi connectivity index (χ0) is 27.9. The van der Waals surface area contributed by atoms with Gasteiger partial charge in [-0.1, -0.05) is 0 Å². The first-order chi connectivity index (χ1) is 15.5. The highest BCUT2D eigenvalue weighted by atomic mass is 127. The minimum Gasteiger partial charge on any atom is -0.435 e. The Hall–Kier alpha value is -0.690. The Morgan fingerprint density at radius 2 is 1.43 bits per heavy atom. The summed E-state index contributed by atoms with van der Waals surface area (Å²) in [6.45, 7) is 2.10. The molecule has 0 aliphatic rings. The molecule has 0 saturated heterocycles. The number of halogens is 9. The third-order valence-corrected chi connectivity index (χ3v) is 8.13. The fourth-order valence-electron chi connectivity index (χ4n) is 2.50. The van der Waals surface area contributed by atoms with Gasteiger partial charge in [0, 0.05) is 20.9 Å². The Bertz CT molecular complexity index is 1160. The second-order valence-corrected chi connectivity index (χ2v) is 11.4. The molecule has 0 saturated carbocycles. The molecule has 0 heterocycles. The largest absolute Gasteiger partial charge is 0.438 e. The van der Waals surface area contributed by atoms with E-state index in [4.69, 9.17) is 4.55 Å². The molecule has 0 aliphatic carbocycles. The lowest BCUT2D eigenvalue weighted by molar-refractivity contribution is -0.356. The molecule has 198 valence electrons. The van der Waals surface area contributed by atoms with Crippen molar-refractivity contribution in [2.24, 2.45) is 0 Å². The van der Waals surface area contributed by atoms with Gasteiger partial charge in [0.15, 0.2) is 0 Å². The van der Waals surface area contributed by atoms with Gasteiger partial charge < -0.3 is 15.0 Å². The van der Waals surface area contributed by atoms with E-state index < -0.39 is 57.2 Å². The van der Waals surface area contributed by atoms with Crippen molar-refractivity contribution >= 4 is 107 Å². The molecule has 0 unspecified atom stereocenters. The molecular formula is C16H13F6I3N2O7S. The van der Waals surface area contributed by atoms with Crippen LogP contribution in [0.3, 0.4) is 0 Å². The van der Waals surface area contributed by atoms with E-state index in [1.54, 1.807) is 22.6 Å². The third-order valence-electron chi connectivity index (χ3n) is 4.18. The van der Waals surface area contributed by atoms with Crippen molar-refractivity contribution in [1.82, 2.24) is 0 Å². The number of alkyl halides is 6. The van der Waals surface area contributed by atoms with Crippen LogP contribution >= 0.6 is 67.8 Å². The molecule has 2 amide bonds. The average Bonchev–Trinajstić information content (AvgIpc) is 2.61. The van der Waals surface area contributed by atoms with E-state index in [1.807, 2.05) is 0 Å². The van der Waals surface area contributed by atoms with Crippen molar-refractivity contribution in [3.05, 3.63) is 16.3 Å². The van der Waals surface area contributed by atoms with Crippen LogP contribution in [0.15, 0.2) is 0 Å². The highest BCUT2D eigenvalue weighted by Gasteiger charge is 2.76. The number of ether oxygens (including phenoxy) is 1. The molecule has 1 aromatic carbocycles. The second-order valence-electron chi connectivity index (χ2n) is 6.74. The Labute approximate surface area is 234 Å². The van der Waals surface area contributed by atoms with Gasteiger partial charge in [-0.25, -0.2) is 4.79 Å². The molecule has 0 atom stereocenters. The third kappa shape index (κ3) is 7.00. The lowest BCUT2D eigenvalue weighted by Crippen LogP contribution is -2.63. The number of amides is 2. The number of rotatable bonds is 6. The molecule has 2 N–H and O–H groups in total. The standard InChI is InChI=1S/C16H13F6I3N2O7S/c1-5(28)26-11-8(23)7(9(24)12(10(11)25)27(3)6(2)29)13(30)34-14(15(17,18)19,16(20,21)22)4-35(31,32)33/h4H2,1-3H3,(H,26,28)(H,31,32,33). The van der Waals surface area contributed by atoms with Gasteiger partial charge in [0.1, 0.15) is 5.75 Å². The number of hydrogen-bond acceptors (Lipinski definition) is 6. The number of anilines is 2. The topological polar surface area (TPSA) is 130 Å². The number of nitrogens with one attached hydrogen (secondary N) is 1. The van der Waals surface area contributed by atoms with Gasteiger partial charge in [-0.2, -0.15) is 34.8 Å². The van der Waals surface area contributed by atoms with Crippen LogP contribution in [0.2, 0.25) is 0 Å². The van der Waals surface area contributed by atoms with Crippen LogP contribution in [0.5, 0.6) is 0 Å². The molecule has 0 aliphatic heterocycles. The van der Waals surface area contributed by atoms with Crippen LogP contribution in [0.4, 0.5) is 37.7 Å². The normalized spacial score (nSPS) is 12.8. The van der Waals surface area contributed by atoms with Gasteiger partial charge in [0.25, 0.3) is 10.1 Å². The van der Waals surface area contributed by atoms with E-state index in [2.05, 4.69) is 10.1 Å². The van der Waals surface area contributed by atoms with Crippen molar-refractivity contribution < 1.29 is 58.4 Å². The van der Waals surface area contributed by atoms with Crippen LogP contribution in [-0.2, 0) is 24.4 Å². The van der Waals surface area contributed by atoms with Gasteiger partial charge in [-0.15, -0.1) is 0 Å². The van der Waals surface area contributed by atoms with Crippen LogP contribution in [0, 0.1) is 10.7 Å². The summed E-state index contributed by atoms with van der Waals surface area (Å²) in [5, 5.41) is 2.28. The molecule has 0 bridgehead atoms. The number of hydrogen-bond donors (Lipinski definition) is 2. The Balaban J connectivity index is 4.03. The van der Waals surface area contributed by atoms with E-state index in [-0.39, 0.29) is 22.1 Å². The van der Waals surface area contributed by atoms with E-state index in [9.17, 15) is 49.1 Å².